The second-order valence-electron chi connectivity index (χ2n) is 2.68. The third-order valence-corrected chi connectivity index (χ3v) is 2.10. The van der Waals surface area contributed by atoms with Gasteiger partial charge in [-0.05, 0) is 24.6 Å². The maximum absolute atomic E-state index is 9.53. The highest BCUT2D eigenvalue weighted by molar-refractivity contribution is 6.30. The molecular weight excluding hydrogens is 195 g/mol. The Labute approximate surface area is 81.9 Å². The van der Waals surface area contributed by atoms with Crippen LogP contribution in [0.5, 0.6) is 0 Å². The van der Waals surface area contributed by atoms with Crippen molar-refractivity contribution in [1.29, 1.82) is 0 Å². The molecule has 1 aromatic rings. The Morgan fingerprint density at radius 2 is 2.08 bits per heavy atom. The molecule has 0 aliphatic carbocycles. The molecule has 0 spiro atoms. The van der Waals surface area contributed by atoms with Crippen molar-refractivity contribution in [1.82, 2.24) is 0 Å². The van der Waals surface area contributed by atoms with Gasteiger partial charge >= 0.3 is 0 Å². The van der Waals surface area contributed by atoms with E-state index in [2.05, 4.69) is 0 Å². The highest BCUT2D eigenvalue weighted by Gasteiger charge is 2.13. The molecule has 2 atom stereocenters. The zero-order chi connectivity index (χ0) is 9.14. The maximum Gasteiger partial charge on any atom is 0.0951 e. The van der Waals surface area contributed by atoms with Gasteiger partial charge in [-0.25, -0.2) is 0 Å². The Morgan fingerprint density at radius 3 is 2.58 bits per heavy atom. The predicted molar refractivity (Wildman–Crippen MR) is 51.7 cm³/mol. The minimum absolute atomic E-state index is 0.302. The topological polar surface area (TPSA) is 20.2 Å². The Hall–Kier alpha value is -0.240. The van der Waals surface area contributed by atoms with E-state index >= 15 is 0 Å². The van der Waals surface area contributed by atoms with E-state index in [0.29, 0.717) is 5.02 Å². The molecule has 0 aromatic heterocycles. The molecule has 3 heteroatoms. The van der Waals surface area contributed by atoms with Crippen molar-refractivity contribution >= 4 is 23.2 Å². The second-order valence-corrected chi connectivity index (χ2v) is 3.80. The number of rotatable bonds is 2. The van der Waals surface area contributed by atoms with Crippen LogP contribution >= 0.6 is 23.2 Å². The summed E-state index contributed by atoms with van der Waals surface area (Å²) in [4.78, 5) is 0. The standard InChI is InChI=1S/C9H10Cl2O/c1-6(10)9(12)7-3-2-4-8(11)5-7/h2-6,9,12H,1H3/t6-,9-/m0/s1. The van der Waals surface area contributed by atoms with Crippen molar-refractivity contribution in [2.75, 3.05) is 0 Å². The number of halogens is 2. The van der Waals surface area contributed by atoms with Gasteiger partial charge in [0.05, 0.1) is 11.5 Å². The summed E-state index contributed by atoms with van der Waals surface area (Å²) in [5.41, 5.74) is 0.755. The molecule has 0 aliphatic rings. The number of aliphatic hydroxyl groups is 1. The molecule has 0 fully saturated rings. The van der Waals surface area contributed by atoms with Crippen molar-refractivity contribution in [3.05, 3.63) is 34.9 Å². The first-order valence-electron chi connectivity index (χ1n) is 3.69. The van der Waals surface area contributed by atoms with E-state index in [9.17, 15) is 5.11 Å². The first-order valence-corrected chi connectivity index (χ1v) is 4.50. The summed E-state index contributed by atoms with van der Waals surface area (Å²) in [5, 5.41) is 9.84. The molecule has 0 unspecified atom stereocenters. The monoisotopic (exact) mass is 204 g/mol. The molecule has 1 nitrogen and oxygen atoms in total. The van der Waals surface area contributed by atoms with Crippen molar-refractivity contribution < 1.29 is 5.11 Å². The van der Waals surface area contributed by atoms with Gasteiger partial charge in [-0.1, -0.05) is 23.7 Å². The molecule has 1 N–H and O–H groups in total. The lowest BCUT2D eigenvalue weighted by atomic mass is 10.1. The lowest BCUT2D eigenvalue weighted by molar-refractivity contribution is 0.177. The minimum Gasteiger partial charge on any atom is -0.387 e. The van der Waals surface area contributed by atoms with Crippen LogP contribution in [0.4, 0.5) is 0 Å². The molecular formula is C9H10Cl2O. The molecule has 12 heavy (non-hydrogen) atoms. The Kier molecular flexibility index (Phi) is 3.39. The number of alkyl halides is 1. The minimum atomic E-state index is -0.648. The van der Waals surface area contributed by atoms with E-state index in [4.69, 9.17) is 23.2 Å². The van der Waals surface area contributed by atoms with Gasteiger partial charge in [-0.3, -0.25) is 0 Å². The summed E-state index contributed by atoms with van der Waals surface area (Å²) in [6, 6.07) is 7.07. The fourth-order valence-corrected chi connectivity index (χ4v) is 1.30. The fourth-order valence-electron chi connectivity index (χ4n) is 0.956. The van der Waals surface area contributed by atoms with E-state index in [1.54, 1.807) is 31.2 Å². The van der Waals surface area contributed by atoms with Gasteiger partial charge in [0.1, 0.15) is 0 Å². The van der Waals surface area contributed by atoms with Crippen molar-refractivity contribution in [2.24, 2.45) is 0 Å². The van der Waals surface area contributed by atoms with E-state index in [0.717, 1.165) is 5.56 Å². The van der Waals surface area contributed by atoms with Crippen molar-refractivity contribution in [3.63, 3.8) is 0 Å². The molecule has 0 saturated heterocycles. The van der Waals surface area contributed by atoms with E-state index < -0.39 is 6.10 Å². The van der Waals surface area contributed by atoms with Crippen LogP contribution in [0.3, 0.4) is 0 Å². The summed E-state index contributed by atoms with van der Waals surface area (Å²) in [7, 11) is 0. The molecule has 1 rings (SSSR count). The lowest BCUT2D eigenvalue weighted by Crippen LogP contribution is -2.07. The quantitative estimate of drug-likeness (QED) is 0.735. The Bertz CT molecular complexity index is 260. The van der Waals surface area contributed by atoms with Crippen LogP contribution in [0.15, 0.2) is 24.3 Å². The summed E-state index contributed by atoms with van der Waals surface area (Å²) in [5.74, 6) is 0. The zero-order valence-corrected chi connectivity index (χ0v) is 8.18. The second kappa shape index (κ2) is 4.13. The van der Waals surface area contributed by atoms with Crippen molar-refractivity contribution in [2.45, 2.75) is 18.4 Å². The van der Waals surface area contributed by atoms with Gasteiger partial charge in [0.25, 0.3) is 0 Å². The number of benzene rings is 1. The largest absolute Gasteiger partial charge is 0.387 e. The molecule has 0 radical (unpaired) electrons. The van der Waals surface area contributed by atoms with Crippen LogP contribution in [0.25, 0.3) is 0 Å². The number of hydrogen-bond acceptors (Lipinski definition) is 1. The zero-order valence-electron chi connectivity index (χ0n) is 6.67. The average molecular weight is 205 g/mol. The van der Waals surface area contributed by atoms with Crippen LogP contribution in [-0.2, 0) is 0 Å². The summed E-state index contributed by atoms with van der Waals surface area (Å²) in [6.45, 7) is 1.74. The molecule has 0 heterocycles. The molecule has 0 aliphatic heterocycles. The SMILES string of the molecule is C[C@H](Cl)[C@H](O)c1cccc(Cl)c1. The van der Waals surface area contributed by atoms with Gasteiger partial charge in [-0.15, -0.1) is 11.6 Å². The molecule has 0 amide bonds. The third kappa shape index (κ3) is 2.37. The molecule has 1 aromatic carbocycles. The third-order valence-electron chi connectivity index (χ3n) is 1.63. The highest BCUT2D eigenvalue weighted by Crippen LogP contribution is 2.22. The Morgan fingerprint density at radius 1 is 1.42 bits per heavy atom. The first-order chi connectivity index (χ1) is 5.61. The predicted octanol–water partition coefficient (Wildman–Crippen LogP) is 3.00. The molecule has 66 valence electrons. The van der Waals surface area contributed by atoms with Crippen molar-refractivity contribution in [3.8, 4) is 0 Å². The van der Waals surface area contributed by atoms with Gasteiger partial charge in [-0.2, -0.15) is 0 Å². The smallest absolute Gasteiger partial charge is 0.0951 e. The summed E-state index contributed by atoms with van der Waals surface area (Å²) >= 11 is 11.5. The maximum atomic E-state index is 9.53. The van der Waals surface area contributed by atoms with E-state index in [1.807, 2.05) is 0 Å². The fraction of sp³-hybridized carbons (Fsp3) is 0.333. The number of aliphatic hydroxyl groups excluding tert-OH is 1. The van der Waals surface area contributed by atoms with Gasteiger partial charge < -0.3 is 5.11 Å². The van der Waals surface area contributed by atoms with Gasteiger partial charge in [0.2, 0.25) is 0 Å². The van der Waals surface area contributed by atoms with Gasteiger partial charge in [0.15, 0.2) is 0 Å². The van der Waals surface area contributed by atoms with Crippen LogP contribution in [-0.4, -0.2) is 10.5 Å². The summed E-state index contributed by atoms with van der Waals surface area (Å²) in [6.07, 6.45) is -0.648. The lowest BCUT2D eigenvalue weighted by Gasteiger charge is -2.12. The average Bonchev–Trinajstić information content (AvgIpc) is 2.03. The normalized spacial score (nSPS) is 15.7. The van der Waals surface area contributed by atoms with E-state index in [1.165, 1.54) is 0 Å². The van der Waals surface area contributed by atoms with Crippen LogP contribution in [0, 0.1) is 0 Å². The van der Waals surface area contributed by atoms with Crippen LogP contribution in [0.1, 0.15) is 18.6 Å². The number of hydrogen-bond donors (Lipinski definition) is 1. The van der Waals surface area contributed by atoms with Gasteiger partial charge in [0, 0.05) is 5.02 Å². The first kappa shape index (κ1) is 9.85. The molecule has 0 saturated carbocycles. The van der Waals surface area contributed by atoms with Crippen LogP contribution in [0.2, 0.25) is 5.02 Å². The highest BCUT2D eigenvalue weighted by atomic mass is 35.5. The Balaban J connectivity index is 2.88. The van der Waals surface area contributed by atoms with E-state index in [-0.39, 0.29) is 5.38 Å². The van der Waals surface area contributed by atoms with Crippen LogP contribution < -0.4 is 0 Å². The molecule has 0 bridgehead atoms. The summed E-state index contributed by atoms with van der Waals surface area (Å²) < 4.78 is 0.